The van der Waals surface area contributed by atoms with Crippen LogP contribution in [0.3, 0.4) is 0 Å². The van der Waals surface area contributed by atoms with Gasteiger partial charge in [-0.05, 0) is 96.9 Å². The average Bonchev–Trinajstić information content (AvgIpc) is 1.63. The summed E-state index contributed by atoms with van der Waals surface area (Å²) in [5.74, 6) is 4.90. The number of fused-ring (bicyclic) bond motifs is 5. The number of nitrogens with one attached hydrogen (secondary N) is 4. The fourth-order valence-electron chi connectivity index (χ4n) is 12.3. The second kappa shape index (κ2) is 45.9. The molecule has 0 spiro atoms. The Morgan fingerprint density at radius 1 is 0.621 bits per heavy atom. The van der Waals surface area contributed by atoms with E-state index in [9.17, 15) is 37.7 Å². The van der Waals surface area contributed by atoms with Gasteiger partial charge in [-0.3, -0.25) is 38.2 Å². The zero-order valence-electron chi connectivity index (χ0n) is 66.8. The number of nitro groups is 1. The van der Waals surface area contributed by atoms with Crippen LogP contribution in [0.2, 0.25) is 31.0 Å². The predicted octanol–water partition coefficient (Wildman–Crippen LogP) is 17.8. The molecule has 11 aromatic heterocycles. The van der Waals surface area contributed by atoms with Gasteiger partial charge >= 0.3 is 29.2 Å². The Morgan fingerprint density at radius 2 is 1.15 bits per heavy atom. The van der Waals surface area contributed by atoms with Crippen LogP contribution in [0.4, 0.5) is 53.2 Å². The van der Waals surface area contributed by atoms with E-state index in [0.29, 0.717) is 117 Å². The van der Waals surface area contributed by atoms with Crippen molar-refractivity contribution < 1.29 is 28.0 Å². The van der Waals surface area contributed by atoms with Crippen molar-refractivity contribution in [1.29, 1.82) is 0 Å². The van der Waals surface area contributed by atoms with Crippen molar-refractivity contribution in [2.24, 2.45) is 7.05 Å². The number of carboxylic acid groups (broad SMARTS) is 1. The Bertz CT molecular complexity index is 6340. The molecule has 0 atom stereocenters. The number of piperidine rings is 1. The Labute approximate surface area is 738 Å². The van der Waals surface area contributed by atoms with Crippen molar-refractivity contribution in [3.63, 3.8) is 0 Å². The molecule has 0 amide bonds. The molecule has 642 valence electrons. The highest BCUT2D eigenvalue weighted by molar-refractivity contribution is 6.35. The van der Waals surface area contributed by atoms with Gasteiger partial charge in [-0.1, -0.05) is 186 Å². The molecule has 0 aliphatic carbocycles. The molecular formula is C86H83Cl6F3N22O7. The number of alkyl halides is 3. The van der Waals surface area contributed by atoms with E-state index in [0.717, 1.165) is 80.7 Å². The first-order chi connectivity index (χ1) is 59.6. The van der Waals surface area contributed by atoms with Crippen molar-refractivity contribution in [1.82, 2.24) is 72.3 Å². The maximum absolute atomic E-state index is 12.6. The van der Waals surface area contributed by atoms with Crippen LogP contribution in [0.25, 0.3) is 44.1 Å². The summed E-state index contributed by atoms with van der Waals surface area (Å²) in [5, 5.41) is 28.9. The zero-order chi connectivity index (χ0) is 89.6. The Hall–Kier alpha value is -13.6. The molecule has 124 heavy (non-hydrogen) atoms. The Kier molecular flexibility index (Phi) is 34.9. The number of nitrogen functional groups attached to an aromatic ring is 1. The molecule has 13 heterocycles. The van der Waals surface area contributed by atoms with E-state index in [-0.39, 0.29) is 22.6 Å². The van der Waals surface area contributed by atoms with Gasteiger partial charge in [0.25, 0.3) is 5.56 Å². The molecule has 0 saturated carbocycles. The quantitative estimate of drug-likeness (QED) is 0.0144. The van der Waals surface area contributed by atoms with Crippen LogP contribution in [0.1, 0.15) is 42.9 Å². The molecule has 38 heteroatoms. The lowest BCUT2D eigenvalue weighted by Crippen LogP contribution is -2.32. The van der Waals surface area contributed by atoms with Gasteiger partial charge in [-0.15, -0.1) is 32.2 Å². The van der Waals surface area contributed by atoms with Gasteiger partial charge in [0.05, 0.1) is 70.2 Å². The zero-order valence-corrected chi connectivity index (χ0v) is 71.4. The number of nitrogens with two attached hydrogens (primary N) is 1. The molecule has 16 rings (SSSR count). The Morgan fingerprint density at radius 3 is 1.73 bits per heavy atom. The van der Waals surface area contributed by atoms with Crippen LogP contribution in [0, 0.1) is 22.0 Å². The van der Waals surface area contributed by atoms with Gasteiger partial charge < -0.3 is 50.7 Å². The van der Waals surface area contributed by atoms with E-state index < -0.39 is 17.1 Å². The lowest BCUT2D eigenvalue weighted by atomic mass is 10.1. The summed E-state index contributed by atoms with van der Waals surface area (Å²) in [7, 11) is 1.77. The van der Waals surface area contributed by atoms with Crippen molar-refractivity contribution >= 4 is 160 Å². The molecule has 2 aliphatic rings. The van der Waals surface area contributed by atoms with Gasteiger partial charge in [0, 0.05) is 89.7 Å². The maximum atomic E-state index is 12.6. The number of pyridine rings is 7. The van der Waals surface area contributed by atoms with Gasteiger partial charge in [0.2, 0.25) is 11.2 Å². The van der Waals surface area contributed by atoms with Crippen LogP contribution in [0.5, 0.6) is 0 Å². The third-order valence-corrected chi connectivity index (χ3v) is 19.8. The number of aromatic amines is 1. The van der Waals surface area contributed by atoms with Crippen molar-refractivity contribution in [3.05, 3.63) is 335 Å². The normalized spacial score (nSPS) is 11.7. The molecule has 1 saturated heterocycles. The van der Waals surface area contributed by atoms with E-state index >= 15 is 0 Å². The molecule has 29 nitrogen and oxygen atoms in total. The summed E-state index contributed by atoms with van der Waals surface area (Å²) in [6, 6.07) is 42.0. The van der Waals surface area contributed by atoms with Gasteiger partial charge in [0.1, 0.15) is 45.5 Å². The molecule has 0 radical (unpaired) electrons. The summed E-state index contributed by atoms with van der Waals surface area (Å²) >= 11 is 36.1. The van der Waals surface area contributed by atoms with E-state index in [2.05, 4.69) is 105 Å². The fourth-order valence-corrected chi connectivity index (χ4v) is 13.7. The topological polar surface area (TPSA) is 349 Å². The second-order valence-corrected chi connectivity index (χ2v) is 28.5. The number of halogens is 9. The van der Waals surface area contributed by atoms with Gasteiger partial charge in [0.15, 0.2) is 25.8 Å². The van der Waals surface area contributed by atoms with E-state index in [1.54, 1.807) is 111 Å². The summed E-state index contributed by atoms with van der Waals surface area (Å²) in [5.41, 5.74) is 17.8. The first kappa shape index (κ1) is 94.3. The number of imidazole rings is 4. The lowest BCUT2D eigenvalue weighted by molar-refractivity contribution is -0.384. The van der Waals surface area contributed by atoms with Gasteiger partial charge in [-0.2, -0.15) is 13.2 Å². The first-order valence-corrected chi connectivity index (χ1v) is 39.9. The number of aryl methyl sites for hydroxylation is 1. The molecule has 7 N–H and O–H groups in total. The van der Waals surface area contributed by atoms with Crippen LogP contribution >= 0.6 is 69.6 Å². The maximum Gasteiger partial charge on any atom is 0.490 e. The second-order valence-electron chi connectivity index (χ2n) is 26.4. The number of hydrogen-bond acceptors (Lipinski definition) is 20. The fraction of sp³-hybridized carbons (Fsp3) is 0.186. The number of carbonyl (C=O) groups is 1. The van der Waals surface area contributed by atoms with Crippen LogP contribution in [0.15, 0.2) is 260 Å². The van der Waals surface area contributed by atoms with E-state index in [1.165, 1.54) is 31.7 Å². The Balaban J connectivity index is 0.000000163. The third kappa shape index (κ3) is 24.9. The van der Waals surface area contributed by atoms with Crippen LogP contribution < -0.4 is 48.4 Å². The number of carboxylic acids is 1. The lowest BCUT2D eigenvalue weighted by Gasteiger charge is -2.27. The van der Waals surface area contributed by atoms with Gasteiger partial charge in [-0.25, -0.2) is 49.3 Å². The van der Waals surface area contributed by atoms with Crippen molar-refractivity contribution in [2.75, 3.05) is 64.2 Å². The summed E-state index contributed by atoms with van der Waals surface area (Å²) in [6.07, 6.45) is 18.0. The number of hydrogen-bond donors (Lipinski definition) is 6. The number of nitrogens with zero attached hydrogens (tertiary/aromatic N) is 17. The van der Waals surface area contributed by atoms with Crippen molar-refractivity contribution in [3.8, 4) is 11.8 Å². The standard InChI is InChI=1S/C16H14ClN3O.C16H20N4O.C13H9Cl2N3.C13H10ClN3O.C10H10ClN3.C8H10ClN3.C8H9N3O2.C2HF3O2/c1-2-10-19-13-8-9-18-15(17)14(13)20(16(19)21)11-12-6-4-3-5-7-12;1-3-4-11-20-14-13(8-12-18(2)15(14)21)17-16(20)19-9-6-5-7-10-19;14-12-11-10(6-7-16-12)17-13(15)18(11)8-9-4-2-1-3-5-9;14-12-11-10(6-7-15-12)16-13(18)17(11)8-9-4-2-1-3-5-9;1-3-6-14-7(2)13-9-8(14)4-5-12-10(9)11;1-2-4-11-6-3-5-12-8(9)7(6)10;1-2-4-10-7-3-5-9-6-8(7)11(12)13;3-2(4,5)1(6)7/h2-9H,1,10-11H2;8,12H,5-7,9-11H2,1-2H3;1-7H,8H2;1-7H,8H2,(H,16,18);3-5,13H,1-2,6H2;2-3,5H,1,4,10H2,(H,11,12);2-3,5-6H,1,4H2,(H,9,10);(H,6,7). The smallest absolute Gasteiger partial charge is 0.475 e. The minimum Gasteiger partial charge on any atom is -0.475 e. The molecular weight excluding hydrogens is 1720 g/mol. The minimum absolute atomic E-state index is 0.0128. The van der Waals surface area contributed by atoms with Crippen LogP contribution in [-0.4, -0.2) is 127 Å². The number of allylic oxidation sites excluding steroid dienone is 1. The average molecular weight is 1810 g/mol. The number of H-pyrrole nitrogens is 1. The molecule has 14 aromatic rings. The largest absolute Gasteiger partial charge is 0.490 e. The predicted molar refractivity (Wildman–Crippen MR) is 488 cm³/mol. The van der Waals surface area contributed by atoms with Crippen LogP contribution in [-0.2, 0) is 44.6 Å². The number of benzene rings is 3. The number of anilines is 6. The van der Waals surface area contributed by atoms with Crippen molar-refractivity contribution in [2.45, 2.75) is 65.1 Å². The van der Waals surface area contributed by atoms with E-state index in [4.69, 9.17) is 90.2 Å². The highest BCUT2D eigenvalue weighted by atomic mass is 35.5. The molecule has 0 unspecified atom stereocenters. The summed E-state index contributed by atoms with van der Waals surface area (Å²) in [6.45, 7) is 26.6. The van der Waals surface area contributed by atoms with E-state index in [1.807, 2.05) is 130 Å². The minimum atomic E-state index is -5.08. The molecule has 1 fully saturated rings. The molecule has 3 aromatic carbocycles. The highest BCUT2D eigenvalue weighted by Gasteiger charge is 2.38. The number of aliphatic carboxylic acids is 1. The number of aromatic nitrogens is 15. The third-order valence-electron chi connectivity index (χ3n) is 18.1. The SMILES string of the molecule is C=CCN1C(=C)Nc2c1ccnc2Cl.C=CCNc1ccnc(Cl)c1N.C=CCNc1ccncc1[N+](=O)[O-].C=CCn1c(=O)n(Cc2ccccc2)c2c(Cl)nccc21.CC#CCn1c(N2CCCCC2)nc2ccn(C)c(=O)c21.Clc1nccc2nc(Cl)n(Cc3ccccc3)c12.O=C(O)C(F)(F)F.O=c1[nH]c2ccnc(Cl)c2n1Cc1ccccc1. The summed E-state index contributed by atoms with van der Waals surface area (Å²) < 4.78 is 42.1. The first-order valence-electron chi connectivity index (χ1n) is 37.7. The highest BCUT2D eigenvalue weighted by Crippen LogP contribution is 2.39. The number of rotatable bonds is 19. The monoisotopic (exact) mass is 1800 g/mol. The molecule has 2 aliphatic heterocycles. The molecule has 0 bridgehead atoms. The summed E-state index contributed by atoms with van der Waals surface area (Å²) in [4.78, 5) is 95.6.